The zero-order chi connectivity index (χ0) is 18.0. The number of benzene rings is 2. The number of fused-ring (bicyclic) bond motifs is 1. The zero-order valence-corrected chi connectivity index (χ0v) is 14.7. The first-order chi connectivity index (χ1) is 12.0. The molecular formula is C20H20O5. The van der Waals surface area contributed by atoms with Crippen molar-refractivity contribution in [1.82, 2.24) is 0 Å². The first-order valence-corrected chi connectivity index (χ1v) is 7.90. The molecule has 0 aliphatic carbocycles. The fourth-order valence-corrected chi connectivity index (χ4v) is 2.73. The van der Waals surface area contributed by atoms with E-state index < -0.39 is 0 Å². The summed E-state index contributed by atoms with van der Waals surface area (Å²) in [4.78, 5) is 11.5. The molecule has 0 amide bonds. The smallest absolute Gasteiger partial charge is 0.336 e. The summed E-state index contributed by atoms with van der Waals surface area (Å²) >= 11 is 0. The average Bonchev–Trinajstić information content (AvgIpc) is 2.59. The molecule has 0 atom stereocenters. The van der Waals surface area contributed by atoms with Gasteiger partial charge < -0.3 is 18.6 Å². The van der Waals surface area contributed by atoms with Crippen LogP contribution in [0, 0.1) is 13.8 Å². The SMILES string of the molecule is COc1cc(C)c(COc2ccc3c(C)cc(=O)oc3c2)cc1OC. The molecule has 0 unspecified atom stereocenters. The number of hydrogen-bond donors (Lipinski definition) is 0. The Kier molecular flexibility index (Phi) is 4.65. The molecule has 3 aromatic rings. The van der Waals surface area contributed by atoms with Crippen LogP contribution in [0.4, 0.5) is 0 Å². The molecule has 1 heterocycles. The molecule has 0 saturated heterocycles. The monoisotopic (exact) mass is 340 g/mol. The van der Waals surface area contributed by atoms with Crippen LogP contribution in [0.25, 0.3) is 11.0 Å². The van der Waals surface area contributed by atoms with E-state index in [-0.39, 0.29) is 5.63 Å². The minimum Gasteiger partial charge on any atom is -0.493 e. The lowest BCUT2D eigenvalue weighted by Gasteiger charge is -2.14. The number of ether oxygens (including phenoxy) is 3. The molecule has 0 saturated carbocycles. The van der Waals surface area contributed by atoms with Gasteiger partial charge >= 0.3 is 5.63 Å². The third-order valence-corrected chi connectivity index (χ3v) is 4.16. The molecule has 0 N–H and O–H groups in total. The summed E-state index contributed by atoms with van der Waals surface area (Å²) in [5.41, 5.74) is 3.07. The van der Waals surface area contributed by atoms with E-state index in [9.17, 15) is 4.79 Å². The maximum Gasteiger partial charge on any atom is 0.336 e. The summed E-state index contributed by atoms with van der Waals surface area (Å²) in [6.07, 6.45) is 0. The zero-order valence-electron chi connectivity index (χ0n) is 14.7. The van der Waals surface area contributed by atoms with Crippen LogP contribution in [0.2, 0.25) is 0 Å². The van der Waals surface area contributed by atoms with E-state index in [1.54, 1.807) is 20.3 Å². The van der Waals surface area contributed by atoms with Crippen LogP contribution in [-0.4, -0.2) is 14.2 Å². The molecule has 0 spiro atoms. The van der Waals surface area contributed by atoms with Gasteiger partial charge in [-0.25, -0.2) is 4.79 Å². The Morgan fingerprint density at radius 3 is 2.36 bits per heavy atom. The first-order valence-electron chi connectivity index (χ1n) is 7.90. The van der Waals surface area contributed by atoms with E-state index in [2.05, 4.69) is 0 Å². The Morgan fingerprint density at radius 1 is 0.920 bits per heavy atom. The van der Waals surface area contributed by atoms with Crippen LogP contribution in [0.1, 0.15) is 16.7 Å². The van der Waals surface area contributed by atoms with Gasteiger partial charge in [-0.3, -0.25) is 0 Å². The van der Waals surface area contributed by atoms with Gasteiger partial charge in [0.05, 0.1) is 14.2 Å². The van der Waals surface area contributed by atoms with Crippen molar-refractivity contribution in [3.05, 3.63) is 63.5 Å². The third-order valence-electron chi connectivity index (χ3n) is 4.16. The van der Waals surface area contributed by atoms with Crippen molar-refractivity contribution in [3.63, 3.8) is 0 Å². The molecular weight excluding hydrogens is 320 g/mol. The van der Waals surface area contributed by atoms with Gasteiger partial charge in [0.15, 0.2) is 11.5 Å². The second-order valence-corrected chi connectivity index (χ2v) is 5.83. The predicted molar refractivity (Wildman–Crippen MR) is 95.8 cm³/mol. The standard InChI is InChI=1S/C20H20O5/c1-12-7-18(22-3)19(23-4)9-14(12)11-24-15-5-6-16-13(2)8-20(21)25-17(16)10-15/h5-10H,11H2,1-4H3. The molecule has 2 aromatic carbocycles. The number of rotatable bonds is 5. The second-order valence-electron chi connectivity index (χ2n) is 5.83. The minimum atomic E-state index is -0.363. The van der Waals surface area contributed by atoms with Crippen LogP contribution in [0.5, 0.6) is 17.2 Å². The average molecular weight is 340 g/mol. The van der Waals surface area contributed by atoms with Crippen LogP contribution in [-0.2, 0) is 6.61 Å². The lowest BCUT2D eigenvalue weighted by molar-refractivity contribution is 0.302. The Labute approximate surface area is 145 Å². The van der Waals surface area contributed by atoms with Gasteiger partial charge in [-0.05, 0) is 54.8 Å². The Morgan fingerprint density at radius 2 is 1.64 bits per heavy atom. The summed E-state index contributed by atoms with van der Waals surface area (Å²) in [5.74, 6) is 1.98. The molecule has 0 fully saturated rings. The van der Waals surface area contributed by atoms with Crippen LogP contribution < -0.4 is 19.8 Å². The quantitative estimate of drug-likeness (QED) is 0.657. The molecule has 0 aliphatic rings. The molecule has 5 nitrogen and oxygen atoms in total. The van der Waals surface area contributed by atoms with E-state index in [1.807, 2.05) is 38.1 Å². The molecule has 0 radical (unpaired) electrons. The van der Waals surface area contributed by atoms with Crippen molar-refractivity contribution in [2.24, 2.45) is 0 Å². The summed E-state index contributed by atoms with van der Waals surface area (Å²) in [7, 11) is 3.21. The predicted octanol–water partition coefficient (Wildman–Crippen LogP) is 4.01. The molecule has 130 valence electrons. The van der Waals surface area contributed by atoms with E-state index >= 15 is 0 Å². The van der Waals surface area contributed by atoms with Crippen molar-refractivity contribution >= 4 is 11.0 Å². The van der Waals surface area contributed by atoms with Gasteiger partial charge in [-0.2, -0.15) is 0 Å². The van der Waals surface area contributed by atoms with E-state index in [1.165, 1.54) is 6.07 Å². The Balaban J connectivity index is 1.86. The third kappa shape index (κ3) is 3.45. The van der Waals surface area contributed by atoms with Gasteiger partial charge in [-0.15, -0.1) is 0 Å². The van der Waals surface area contributed by atoms with E-state index in [4.69, 9.17) is 18.6 Å². The molecule has 3 rings (SSSR count). The van der Waals surface area contributed by atoms with Gasteiger partial charge in [0, 0.05) is 17.5 Å². The normalized spacial score (nSPS) is 10.7. The van der Waals surface area contributed by atoms with E-state index in [0.29, 0.717) is 29.4 Å². The highest BCUT2D eigenvalue weighted by molar-refractivity contribution is 5.81. The van der Waals surface area contributed by atoms with Crippen LogP contribution >= 0.6 is 0 Å². The van der Waals surface area contributed by atoms with Crippen molar-refractivity contribution < 1.29 is 18.6 Å². The van der Waals surface area contributed by atoms with Crippen molar-refractivity contribution in [2.45, 2.75) is 20.5 Å². The molecule has 1 aromatic heterocycles. The first kappa shape index (κ1) is 16.9. The molecule has 25 heavy (non-hydrogen) atoms. The van der Waals surface area contributed by atoms with Crippen molar-refractivity contribution in [2.75, 3.05) is 14.2 Å². The minimum absolute atomic E-state index is 0.363. The molecule has 5 heteroatoms. The second kappa shape index (κ2) is 6.89. The summed E-state index contributed by atoms with van der Waals surface area (Å²) in [6.45, 7) is 4.24. The number of hydrogen-bond acceptors (Lipinski definition) is 5. The largest absolute Gasteiger partial charge is 0.493 e. The highest BCUT2D eigenvalue weighted by atomic mass is 16.5. The number of methoxy groups -OCH3 is 2. The Bertz CT molecular complexity index is 972. The van der Waals surface area contributed by atoms with Gasteiger partial charge in [0.2, 0.25) is 0 Å². The lowest BCUT2D eigenvalue weighted by atomic mass is 10.1. The van der Waals surface area contributed by atoms with Gasteiger partial charge in [-0.1, -0.05) is 0 Å². The maximum atomic E-state index is 11.5. The molecule has 0 aliphatic heterocycles. The van der Waals surface area contributed by atoms with E-state index in [0.717, 1.165) is 22.1 Å². The summed E-state index contributed by atoms with van der Waals surface area (Å²) in [6, 6.07) is 10.8. The Hall–Kier alpha value is -2.95. The topological polar surface area (TPSA) is 57.9 Å². The van der Waals surface area contributed by atoms with Crippen molar-refractivity contribution in [3.8, 4) is 17.2 Å². The van der Waals surface area contributed by atoms with Gasteiger partial charge in [0.25, 0.3) is 0 Å². The van der Waals surface area contributed by atoms with Crippen LogP contribution in [0.15, 0.2) is 45.6 Å². The fourth-order valence-electron chi connectivity index (χ4n) is 2.73. The lowest BCUT2D eigenvalue weighted by Crippen LogP contribution is -2.01. The summed E-state index contributed by atoms with van der Waals surface area (Å²) in [5, 5.41) is 0.897. The maximum absolute atomic E-state index is 11.5. The number of aryl methyl sites for hydroxylation is 2. The summed E-state index contributed by atoms with van der Waals surface area (Å²) < 4.78 is 21.8. The molecule has 0 bridgehead atoms. The highest BCUT2D eigenvalue weighted by Gasteiger charge is 2.10. The highest BCUT2D eigenvalue weighted by Crippen LogP contribution is 2.31. The van der Waals surface area contributed by atoms with Crippen molar-refractivity contribution in [1.29, 1.82) is 0 Å². The fraction of sp³-hybridized carbons (Fsp3) is 0.250. The van der Waals surface area contributed by atoms with Gasteiger partial charge in [0.1, 0.15) is 17.9 Å². The van der Waals surface area contributed by atoms with Crippen LogP contribution in [0.3, 0.4) is 0 Å².